The predicted octanol–water partition coefficient (Wildman–Crippen LogP) is 2.10. The Labute approximate surface area is 150 Å². The molecule has 1 saturated heterocycles. The van der Waals surface area contributed by atoms with E-state index in [0.29, 0.717) is 19.5 Å². The Morgan fingerprint density at radius 2 is 2.13 bits per heavy atom. The van der Waals surface area contributed by atoms with Crippen LogP contribution < -0.4 is 0 Å². The monoisotopic (exact) mass is 420 g/mol. The van der Waals surface area contributed by atoms with Gasteiger partial charge in [-0.15, -0.1) is 11.3 Å². The van der Waals surface area contributed by atoms with Crippen LogP contribution in [0.15, 0.2) is 22.0 Å². The van der Waals surface area contributed by atoms with Gasteiger partial charge in [0.15, 0.2) is 9.84 Å². The second-order valence-electron chi connectivity index (χ2n) is 5.87. The molecule has 128 valence electrons. The first kappa shape index (κ1) is 18.6. The number of rotatable bonds is 6. The van der Waals surface area contributed by atoms with Gasteiger partial charge in [0.05, 0.1) is 15.3 Å². The normalized spacial score (nSPS) is 20.4. The molecule has 0 aromatic carbocycles. The Balaban J connectivity index is 2.09. The largest absolute Gasteiger partial charge is 0.334 e. The maximum Gasteiger partial charge on any atom is 0.246 e. The van der Waals surface area contributed by atoms with E-state index in [-0.39, 0.29) is 23.5 Å². The molecule has 0 aliphatic carbocycles. The zero-order valence-corrected chi connectivity index (χ0v) is 16.5. The van der Waals surface area contributed by atoms with E-state index < -0.39 is 9.84 Å². The zero-order chi connectivity index (χ0) is 17.0. The summed E-state index contributed by atoms with van der Waals surface area (Å²) in [6, 6.07) is 3.65. The van der Waals surface area contributed by atoms with Crippen LogP contribution in [0.5, 0.6) is 0 Å². The molecule has 2 heterocycles. The molecule has 1 fully saturated rings. The molecule has 5 nitrogen and oxygen atoms in total. The number of halogens is 1. The maximum absolute atomic E-state index is 12.6. The minimum atomic E-state index is -3.01. The van der Waals surface area contributed by atoms with Crippen LogP contribution in [0.25, 0.3) is 6.08 Å². The molecular formula is C15H21BrN2O3S2. The highest BCUT2D eigenvalue weighted by Crippen LogP contribution is 2.23. The number of hydrogen-bond acceptors (Lipinski definition) is 5. The third kappa shape index (κ3) is 5.70. The van der Waals surface area contributed by atoms with Crippen LogP contribution in [-0.2, 0) is 14.6 Å². The van der Waals surface area contributed by atoms with E-state index in [1.165, 1.54) is 0 Å². The number of hydrogen-bond donors (Lipinski definition) is 0. The summed E-state index contributed by atoms with van der Waals surface area (Å²) in [6.45, 7) is 1.24. The van der Waals surface area contributed by atoms with Gasteiger partial charge in [-0.2, -0.15) is 0 Å². The molecule has 0 bridgehead atoms. The number of likely N-dealkylation sites (N-methyl/N-ethyl adjacent to an activating group) is 1. The third-order valence-electron chi connectivity index (χ3n) is 3.70. The lowest BCUT2D eigenvalue weighted by molar-refractivity contribution is -0.127. The summed E-state index contributed by atoms with van der Waals surface area (Å²) in [4.78, 5) is 17.2. The Hall–Kier alpha value is -0.700. The molecule has 0 radical (unpaired) electrons. The number of amides is 1. The van der Waals surface area contributed by atoms with Crippen LogP contribution in [0.4, 0.5) is 0 Å². The second kappa shape index (κ2) is 7.92. The molecule has 0 saturated carbocycles. The van der Waals surface area contributed by atoms with Crippen LogP contribution in [0, 0.1) is 0 Å². The van der Waals surface area contributed by atoms with Crippen LogP contribution in [-0.4, -0.2) is 68.9 Å². The first-order valence-corrected chi connectivity index (χ1v) is 10.8. The van der Waals surface area contributed by atoms with E-state index in [9.17, 15) is 13.2 Å². The molecule has 8 heteroatoms. The molecule has 1 aliphatic heterocycles. The Morgan fingerprint density at radius 3 is 2.65 bits per heavy atom. The molecule has 2 rings (SSSR count). The van der Waals surface area contributed by atoms with Crippen LogP contribution in [0.2, 0.25) is 0 Å². The molecular weight excluding hydrogens is 400 g/mol. The lowest BCUT2D eigenvalue weighted by atomic mass is 10.2. The van der Waals surface area contributed by atoms with E-state index in [0.717, 1.165) is 8.66 Å². The molecule has 1 aromatic heterocycles. The number of carbonyl (C=O) groups is 1. The lowest BCUT2D eigenvalue weighted by Crippen LogP contribution is -2.43. The van der Waals surface area contributed by atoms with Gasteiger partial charge >= 0.3 is 0 Å². The SMILES string of the molecule is CN(C)CCN(C(=O)/C=C/c1ccc(Br)s1)[C@@H]1CCS(=O)(=O)C1. The number of thiophene rings is 1. The van der Waals surface area contributed by atoms with Crippen molar-refractivity contribution in [3.05, 3.63) is 26.9 Å². The van der Waals surface area contributed by atoms with Crippen molar-refractivity contribution in [2.24, 2.45) is 0 Å². The van der Waals surface area contributed by atoms with Crippen molar-refractivity contribution in [3.8, 4) is 0 Å². The quantitative estimate of drug-likeness (QED) is 0.661. The highest BCUT2D eigenvalue weighted by molar-refractivity contribution is 9.11. The number of nitrogens with zero attached hydrogens (tertiary/aromatic N) is 2. The van der Waals surface area contributed by atoms with Crippen molar-refractivity contribution in [2.75, 3.05) is 38.7 Å². The predicted molar refractivity (Wildman–Crippen MR) is 98.4 cm³/mol. The summed E-state index contributed by atoms with van der Waals surface area (Å²) < 4.78 is 24.4. The van der Waals surface area contributed by atoms with Gasteiger partial charge < -0.3 is 9.80 Å². The Bertz CT molecular complexity index is 683. The molecule has 1 amide bonds. The summed E-state index contributed by atoms with van der Waals surface area (Å²) in [5, 5.41) is 0. The van der Waals surface area contributed by atoms with Crippen LogP contribution in [0.1, 0.15) is 11.3 Å². The highest BCUT2D eigenvalue weighted by atomic mass is 79.9. The minimum absolute atomic E-state index is 0.0740. The topological polar surface area (TPSA) is 57.7 Å². The van der Waals surface area contributed by atoms with Crippen molar-refractivity contribution in [3.63, 3.8) is 0 Å². The summed E-state index contributed by atoms with van der Waals surface area (Å²) in [5.74, 6) is 0.119. The number of sulfone groups is 1. The van der Waals surface area contributed by atoms with Crippen molar-refractivity contribution in [1.29, 1.82) is 0 Å². The second-order valence-corrected chi connectivity index (χ2v) is 10.6. The zero-order valence-electron chi connectivity index (χ0n) is 13.2. The van der Waals surface area contributed by atoms with Gasteiger partial charge in [-0.25, -0.2) is 8.42 Å². The molecule has 0 unspecified atom stereocenters. The fourth-order valence-electron chi connectivity index (χ4n) is 2.47. The van der Waals surface area contributed by atoms with E-state index in [4.69, 9.17) is 0 Å². The molecule has 1 aromatic rings. The van der Waals surface area contributed by atoms with E-state index >= 15 is 0 Å². The fourth-order valence-corrected chi connectivity index (χ4v) is 5.53. The first-order chi connectivity index (χ1) is 10.8. The third-order valence-corrected chi connectivity index (χ3v) is 7.04. The summed E-state index contributed by atoms with van der Waals surface area (Å²) in [6.07, 6.45) is 3.85. The van der Waals surface area contributed by atoms with Gasteiger partial charge in [-0.1, -0.05) is 0 Å². The number of carbonyl (C=O) groups excluding carboxylic acids is 1. The van der Waals surface area contributed by atoms with Gasteiger partial charge in [0.2, 0.25) is 5.91 Å². The molecule has 0 N–H and O–H groups in total. The smallest absolute Gasteiger partial charge is 0.246 e. The van der Waals surface area contributed by atoms with E-state index in [1.807, 2.05) is 31.1 Å². The van der Waals surface area contributed by atoms with Gasteiger partial charge in [-0.05, 0) is 54.7 Å². The van der Waals surface area contributed by atoms with Crippen molar-refractivity contribution in [1.82, 2.24) is 9.80 Å². The molecule has 1 atom stereocenters. The maximum atomic E-state index is 12.6. The fraction of sp³-hybridized carbons (Fsp3) is 0.533. The Morgan fingerprint density at radius 1 is 1.39 bits per heavy atom. The van der Waals surface area contributed by atoms with E-state index in [1.54, 1.807) is 28.4 Å². The minimum Gasteiger partial charge on any atom is -0.334 e. The average Bonchev–Trinajstić information content (AvgIpc) is 3.02. The van der Waals surface area contributed by atoms with Gasteiger partial charge in [-0.3, -0.25) is 4.79 Å². The van der Waals surface area contributed by atoms with Gasteiger partial charge in [0, 0.05) is 30.1 Å². The molecule has 23 heavy (non-hydrogen) atoms. The first-order valence-electron chi connectivity index (χ1n) is 7.36. The van der Waals surface area contributed by atoms with Gasteiger partial charge in [0.25, 0.3) is 0 Å². The standard InChI is InChI=1S/C15H21BrN2O3S2/c1-17(2)8-9-18(12-7-10-23(20,21)11-12)15(19)6-4-13-3-5-14(16)22-13/h3-6,12H,7-11H2,1-2H3/b6-4+/t12-/m1/s1. The highest BCUT2D eigenvalue weighted by Gasteiger charge is 2.33. The van der Waals surface area contributed by atoms with Crippen LogP contribution in [0.3, 0.4) is 0 Å². The summed E-state index contributed by atoms with van der Waals surface area (Å²) in [7, 11) is 0.863. The van der Waals surface area contributed by atoms with Crippen LogP contribution >= 0.6 is 27.3 Å². The van der Waals surface area contributed by atoms with Crippen molar-refractivity contribution < 1.29 is 13.2 Å². The van der Waals surface area contributed by atoms with Crippen molar-refractivity contribution in [2.45, 2.75) is 12.5 Å². The lowest BCUT2D eigenvalue weighted by Gasteiger charge is -2.28. The summed E-state index contributed by atoms with van der Waals surface area (Å²) in [5.41, 5.74) is 0. The average molecular weight is 421 g/mol. The Kier molecular flexibility index (Phi) is 6.41. The molecule has 1 aliphatic rings. The summed E-state index contributed by atoms with van der Waals surface area (Å²) >= 11 is 4.94. The van der Waals surface area contributed by atoms with Gasteiger partial charge in [0.1, 0.15) is 0 Å². The van der Waals surface area contributed by atoms with E-state index in [2.05, 4.69) is 15.9 Å². The van der Waals surface area contributed by atoms with Crippen molar-refractivity contribution >= 4 is 49.1 Å². The molecule has 0 spiro atoms.